The van der Waals surface area contributed by atoms with Crippen LogP contribution < -0.4 is 5.43 Å². The molecule has 0 aromatic heterocycles. The van der Waals surface area contributed by atoms with Gasteiger partial charge in [-0.05, 0) is 74.2 Å². The van der Waals surface area contributed by atoms with Gasteiger partial charge in [0.05, 0.1) is 11.5 Å². The molecular weight excluding hydrogens is 340 g/mol. The van der Waals surface area contributed by atoms with E-state index >= 15 is 0 Å². The third kappa shape index (κ3) is 4.86. The Balaban J connectivity index is 1.94. The van der Waals surface area contributed by atoms with Gasteiger partial charge in [0.1, 0.15) is 0 Å². The number of hydrogen-bond donors (Lipinski definition) is 1. The van der Waals surface area contributed by atoms with Gasteiger partial charge >= 0.3 is 0 Å². The molecule has 2 aromatic carbocycles. The number of nitrogens with one attached hydrogen (secondary N) is 1. The van der Waals surface area contributed by atoms with Gasteiger partial charge in [-0.15, -0.1) is 11.8 Å². The first-order valence-electron chi connectivity index (χ1n) is 7.70. The number of nitrogens with zero attached hydrogens (tertiary/aromatic N) is 1. The van der Waals surface area contributed by atoms with Crippen LogP contribution in [0.2, 0.25) is 5.02 Å². The van der Waals surface area contributed by atoms with Crippen molar-refractivity contribution >= 4 is 35.5 Å². The number of thioether (sulfide) groups is 1. The summed E-state index contributed by atoms with van der Waals surface area (Å²) in [6.45, 7) is 8.09. The van der Waals surface area contributed by atoms with Crippen LogP contribution in [0.5, 0.6) is 0 Å². The Labute approximate surface area is 152 Å². The highest BCUT2D eigenvalue weighted by molar-refractivity contribution is 8.00. The summed E-state index contributed by atoms with van der Waals surface area (Å²) in [6.07, 6.45) is 1.69. The highest BCUT2D eigenvalue weighted by Gasteiger charge is 2.13. The maximum Gasteiger partial charge on any atom is 0.253 e. The Hall–Kier alpha value is -1.78. The van der Waals surface area contributed by atoms with Gasteiger partial charge < -0.3 is 0 Å². The van der Waals surface area contributed by atoms with E-state index in [2.05, 4.69) is 37.4 Å². The number of amides is 1. The van der Waals surface area contributed by atoms with E-state index in [0.29, 0.717) is 5.02 Å². The lowest BCUT2D eigenvalue weighted by molar-refractivity contribution is -0.120. The lowest BCUT2D eigenvalue weighted by Gasteiger charge is -2.10. The summed E-state index contributed by atoms with van der Waals surface area (Å²) in [6, 6.07) is 11.5. The van der Waals surface area contributed by atoms with E-state index in [1.165, 1.54) is 28.5 Å². The normalized spacial score (nSPS) is 12.4. The smallest absolute Gasteiger partial charge is 0.253 e. The second-order valence-corrected chi connectivity index (χ2v) is 7.52. The molecule has 0 aliphatic heterocycles. The largest absolute Gasteiger partial charge is 0.272 e. The summed E-state index contributed by atoms with van der Waals surface area (Å²) in [4.78, 5) is 13.1. The van der Waals surface area contributed by atoms with Crippen LogP contribution in [0.3, 0.4) is 0 Å². The third-order valence-electron chi connectivity index (χ3n) is 3.97. The number of rotatable bonds is 5. The summed E-state index contributed by atoms with van der Waals surface area (Å²) in [5.74, 6) is -0.132. The van der Waals surface area contributed by atoms with Gasteiger partial charge in [-0.2, -0.15) is 5.10 Å². The van der Waals surface area contributed by atoms with Crippen LogP contribution in [-0.4, -0.2) is 17.4 Å². The zero-order valence-electron chi connectivity index (χ0n) is 14.3. The molecule has 3 nitrogen and oxygen atoms in total. The number of benzene rings is 2. The third-order valence-corrected chi connectivity index (χ3v) is 5.34. The van der Waals surface area contributed by atoms with Gasteiger partial charge in [-0.3, -0.25) is 4.79 Å². The van der Waals surface area contributed by atoms with Crippen molar-refractivity contribution in [2.24, 2.45) is 5.10 Å². The molecule has 5 heteroatoms. The highest BCUT2D eigenvalue weighted by Crippen LogP contribution is 2.24. The van der Waals surface area contributed by atoms with E-state index in [-0.39, 0.29) is 11.2 Å². The number of carbonyl (C=O) groups is 1. The Kier molecular flexibility index (Phi) is 6.46. The van der Waals surface area contributed by atoms with Gasteiger partial charge in [0, 0.05) is 9.92 Å². The number of aryl methyl sites for hydroxylation is 1. The molecule has 24 heavy (non-hydrogen) atoms. The topological polar surface area (TPSA) is 41.5 Å². The first-order chi connectivity index (χ1) is 11.4. The predicted octanol–water partition coefficient (Wildman–Crippen LogP) is 4.90. The average Bonchev–Trinajstić information content (AvgIpc) is 2.56. The molecule has 1 atom stereocenters. The average molecular weight is 361 g/mol. The summed E-state index contributed by atoms with van der Waals surface area (Å²) < 4.78 is 0. The second kappa shape index (κ2) is 8.36. The molecule has 0 aliphatic carbocycles. The first-order valence-corrected chi connectivity index (χ1v) is 8.96. The molecule has 0 radical (unpaired) electrons. The van der Waals surface area contributed by atoms with E-state index in [0.717, 1.165) is 10.5 Å². The minimum Gasteiger partial charge on any atom is -0.272 e. The predicted molar refractivity (Wildman–Crippen MR) is 103 cm³/mol. The van der Waals surface area contributed by atoms with Crippen LogP contribution in [0.15, 0.2) is 46.4 Å². The molecule has 126 valence electrons. The van der Waals surface area contributed by atoms with Crippen molar-refractivity contribution in [3.05, 3.63) is 63.7 Å². The number of halogens is 1. The molecule has 2 aromatic rings. The lowest BCUT2D eigenvalue weighted by atomic mass is 10.00. The van der Waals surface area contributed by atoms with Crippen molar-refractivity contribution in [3.63, 3.8) is 0 Å². The summed E-state index contributed by atoms with van der Waals surface area (Å²) >= 11 is 7.33. The quantitative estimate of drug-likeness (QED) is 0.468. The van der Waals surface area contributed by atoms with Crippen LogP contribution >= 0.6 is 23.4 Å². The minimum absolute atomic E-state index is 0.132. The Morgan fingerprint density at radius 2 is 1.79 bits per heavy atom. The molecule has 0 saturated heterocycles. The fourth-order valence-corrected chi connectivity index (χ4v) is 3.13. The number of hydrazone groups is 1. The first kappa shape index (κ1) is 18.6. The molecular formula is C19H21ClN2OS. The molecule has 0 fully saturated rings. The van der Waals surface area contributed by atoms with Gasteiger partial charge in [-0.25, -0.2) is 5.43 Å². The maximum atomic E-state index is 12.1. The summed E-state index contributed by atoms with van der Waals surface area (Å²) in [5, 5.41) is 4.53. The SMILES string of the molecule is Cc1ccc(/C=N\NC(=O)[C@H](C)Sc2ccc(Cl)cc2)c(C)c1C. The van der Waals surface area contributed by atoms with Crippen molar-refractivity contribution in [3.8, 4) is 0 Å². The maximum absolute atomic E-state index is 12.1. The Morgan fingerprint density at radius 3 is 2.46 bits per heavy atom. The minimum atomic E-state index is -0.246. The molecule has 0 heterocycles. The van der Waals surface area contributed by atoms with Crippen molar-refractivity contribution < 1.29 is 4.79 Å². The van der Waals surface area contributed by atoms with Crippen LogP contribution in [0.4, 0.5) is 0 Å². The lowest BCUT2D eigenvalue weighted by Crippen LogP contribution is -2.26. The monoisotopic (exact) mass is 360 g/mol. The van der Waals surface area contributed by atoms with E-state index in [9.17, 15) is 4.79 Å². The van der Waals surface area contributed by atoms with Crippen LogP contribution in [0.1, 0.15) is 29.2 Å². The van der Waals surface area contributed by atoms with E-state index in [1.54, 1.807) is 6.21 Å². The molecule has 0 spiro atoms. The molecule has 0 unspecified atom stereocenters. The van der Waals surface area contributed by atoms with Crippen LogP contribution in [0, 0.1) is 20.8 Å². The Bertz CT molecular complexity index is 757. The van der Waals surface area contributed by atoms with Crippen molar-refractivity contribution in [1.82, 2.24) is 5.43 Å². The molecule has 2 rings (SSSR count). The second-order valence-electron chi connectivity index (χ2n) is 5.67. The van der Waals surface area contributed by atoms with Crippen LogP contribution in [0.25, 0.3) is 0 Å². The molecule has 0 aliphatic rings. The van der Waals surface area contributed by atoms with Gasteiger partial charge in [-0.1, -0.05) is 23.7 Å². The van der Waals surface area contributed by atoms with E-state index in [4.69, 9.17) is 11.6 Å². The zero-order valence-corrected chi connectivity index (χ0v) is 15.8. The van der Waals surface area contributed by atoms with Gasteiger partial charge in [0.15, 0.2) is 0 Å². The standard InChI is InChI=1S/C19H21ClN2OS/c1-12-5-6-16(14(3)13(12)2)11-21-22-19(23)15(4)24-18-9-7-17(20)8-10-18/h5-11,15H,1-4H3,(H,22,23)/b21-11-/t15-/m0/s1. The zero-order chi connectivity index (χ0) is 17.7. The Morgan fingerprint density at radius 1 is 1.12 bits per heavy atom. The molecule has 0 bridgehead atoms. The van der Waals surface area contributed by atoms with Crippen molar-refractivity contribution in [1.29, 1.82) is 0 Å². The molecule has 1 N–H and O–H groups in total. The summed E-state index contributed by atoms with van der Waals surface area (Å²) in [7, 11) is 0. The van der Waals surface area contributed by atoms with Crippen molar-refractivity contribution in [2.75, 3.05) is 0 Å². The van der Waals surface area contributed by atoms with Crippen molar-refractivity contribution in [2.45, 2.75) is 37.8 Å². The summed E-state index contributed by atoms with van der Waals surface area (Å²) in [5.41, 5.74) is 7.29. The molecule has 0 saturated carbocycles. The van der Waals surface area contributed by atoms with Crippen LogP contribution in [-0.2, 0) is 4.79 Å². The number of hydrogen-bond acceptors (Lipinski definition) is 3. The highest BCUT2D eigenvalue weighted by atomic mass is 35.5. The van der Waals surface area contributed by atoms with E-state index in [1.807, 2.05) is 37.3 Å². The number of carbonyl (C=O) groups excluding carboxylic acids is 1. The fourth-order valence-electron chi connectivity index (χ4n) is 2.14. The van der Waals surface area contributed by atoms with Gasteiger partial charge in [0.2, 0.25) is 0 Å². The molecule has 1 amide bonds. The fraction of sp³-hybridized carbons (Fsp3) is 0.263. The van der Waals surface area contributed by atoms with Gasteiger partial charge in [0.25, 0.3) is 5.91 Å². The van der Waals surface area contributed by atoms with E-state index < -0.39 is 0 Å².